The molecule has 1 amide bonds. The molecule has 0 aromatic carbocycles. The smallest absolute Gasteiger partial charge is 0.324 e. The van der Waals surface area contributed by atoms with E-state index in [-0.39, 0.29) is 23.9 Å². The number of rotatable bonds is 6. The van der Waals surface area contributed by atoms with Gasteiger partial charge >= 0.3 is 11.0 Å². The highest BCUT2D eigenvalue weighted by Gasteiger charge is 2.31. The molecule has 0 atom stereocenters. The number of carboxylic acids is 1. The molecule has 0 bridgehead atoms. The Morgan fingerprint density at radius 1 is 1.50 bits per heavy atom. The summed E-state index contributed by atoms with van der Waals surface area (Å²) in [5, 5.41) is 19.2. The fraction of sp³-hybridized carbons (Fsp3) is 0.250. The second-order valence-electron chi connectivity index (χ2n) is 4.26. The molecule has 2 rings (SSSR count). The van der Waals surface area contributed by atoms with Gasteiger partial charge in [0, 0.05) is 23.9 Å². The summed E-state index contributed by atoms with van der Waals surface area (Å²) in [6, 6.07) is 2.95. The first kappa shape index (κ1) is 16.6. The molecule has 1 aliphatic heterocycles. The summed E-state index contributed by atoms with van der Waals surface area (Å²) in [7, 11) is 0. The van der Waals surface area contributed by atoms with Crippen molar-refractivity contribution in [2.75, 3.05) is 6.54 Å². The zero-order valence-corrected chi connectivity index (χ0v) is 13.5. The summed E-state index contributed by atoms with van der Waals surface area (Å²) in [6.45, 7) is 0.249. The minimum absolute atomic E-state index is 0.00295. The van der Waals surface area contributed by atoms with E-state index in [1.807, 2.05) is 0 Å². The molecule has 1 saturated heterocycles. The lowest BCUT2D eigenvalue weighted by Gasteiger charge is -2.13. The Labute approximate surface area is 138 Å². The lowest BCUT2D eigenvalue weighted by atomic mass is 10.3. The summed E-state index contributed by atoms with van der Waals surface area (Å²) in [5.41, 5.74) is 0. The fourth-order valence-electron chi connectivity index (χ4n) is 1.73. The van der Waals surface area contributed by atoms with Crippen molar-refractivity contribution in [2.45, 2.75) is 12.8 Å². The van der Waals surface area contributed by atoms with Gasteiger partial charge in [-0.3, -0.25) is 24.6 Å². The van der Waals surface area contributed by atoms with Crippen molar-refractivity contribution in [3.8, 4) is 0 Å². The molecule has 116 valence electrons. The Bertz CT molecular complexity index is 682. The Hall–Kier alpha value is -1.78. The van der Waals surface area contributed by atoms with Crippen LogP contribution in [0.25, 0.3) is 6.08 Å². The number of thiophene rings is 1. The zero-order valence-electron chi connectivity index (χ0n) is 11.1. The average molecular weight is 358 g/mol. The van der Waals surface area contributed by atoms with Crippen LogP contribution in [-0.2, 0) is 9.59 Å². The number of carbonyl (C=O) groups is 2. The predicted octanol–water partition coefficient (Wildman–Crippen LogP) is 2.72. The maximum absolute atomic E-state index is 12.2. The van der Waals surface area contributed by atoms with E-state index in [9.17, 15) is 19.7 Å². The number of carbonyl (C=O) groups excluding carboxylic acids is 1. The Morgan fingerprint density at radius 3 is 2.82 bits per heavy atom. The molecular formula is C12H10N2O5S3. The van der Waals surface area contributed by atoms with Crippen LogP contribution in [0.4, 0.5) is 5.00 Å². The first-order valence-corrected chi connectivity index (χ1v) is 8.14. The van der Waals surface area contributed by atoms with Gasteiger partial charge in [-0.15, -0.1) is 0 Å². The molecule has 10 heteroatoms. The molecule has 0 spiro atoms. The number of aliphatic carboxylic acids is 1. The second kappa shape index (κ2) is 6.99. The van der Waals surface area contributed by atoms with Crippen LogP contribution in [0.1, 0.15) is 17.7 Å². The van der Waals surface area contributed by atoms with E-state index < -0.39 is 10.9 Å². The van der Waals surface area contributed by atoms with Gasteiger partial charge in [-0.1, -0.05) is 35.3 Å². The number of nitrogens with zero attached hydrogens (tertiary/aromatic N) is 2. The highest BCUT2D eigenvalue weighted by Crippen LogP contribution is 2.35. The summed E-state index contributed by atoms with van der Waals surface area (Å²) >= 11 is 7.20. The Balaban J connectivity index is 2.08. The quantitative estimate of drug-likeness (QED) is 0.361. The Morgan fingerprint density at radius 2 is 2.23 bits per heavy atom. The first-order chi connectivity index (χ1) is 10.4. The average Bonchev–Trinajstić information content (AvgIpc) is 2.99. The predicted molar refractivity (Wildman–Crippen MR) is 87.7 cm³/mol. The van der Waals surface area contributed by atoms with Crippen LogP contribution in [0, 0.1) is 10.1 Å². The van der Waals surface area contributed by atoms with Gasteiger partial charge in [-0.2, -0.15) is 0 Å². The third-order valence-corrected chi connectivity index (χ3v) is 5.07. The summed E-state index contributed by atoms with van der Waals surface area (Å²) in [6.07, 6.45) is 1.85. The maximum Gasteiger partial charge on any atom is 0.324 e. The Kier molecular flexibility index (Phi) is 5.27. The summed E-state index contributed by atoms with van der Waals surface area (Å²) in [5.74, 6) is -1.22. The minimum Gasteiger partial charge on any atom is -0.481 e. The zero-order chi connectivity index (χ0) is 16.3. The van der Waals surface area contributed by atoms with E-state index in [1.54, 1.807) is 12.1 Å². The molecule has 7 nitrogen and oxygen atoms in total. The lowest BCUT2D eigenvalue weighted by Crippen LogP contribution is -2.29. The lowest BCUT2D eigenvalue weighted by molar-refractivity contribution is -0.380. The number of nitro groups is 1. The fourth-order valence-corrected chi connectivity index (χ4v) is 3.87. The minimum atomic E-state index is -0.924. The molecule has 1 aromatic heterocycles. The molecule has 1 aromatic rings. The number of thiocarbonyl (C=S) groups is 1. The van der Waals surface area contributed by atoms with Crippen LogP contribution in [0.5, 0.6) is 0 Å². The van der Waals surface area contributed by atoms with E-state index in [0.717, 1.165) is 23.1 Å². The van der Waals surface area contributed by atoms with Crippen molar-refractivity contribution in [2.24, 2.45) is 0 Å². The SMILES string of the molecule is O=C(O)CCCN1C(=O)C(=Cc2ccc([N+](=O)[O-])s2)SC1=S. The van der Waals surface area contributed by atoms with Crippen LogP contribution in [0.2, 0.25) is 0 Å². The van der Waals surface area contributed by atoms with Crippen molar-refractivity contribution in [3.63, 3.8) is 0 Å². The number of hydrogen-bond donors (Lipinski definition) is 1. The third-order valence-electron chi connectivity index (χ3n) is 2.71. The normalized spacial score (nSPS) is 16.5. The van der Waals surface area contributed by atoms with E-state index in [1.165, 1.54) is 11.0 Å². The molecule has 0 aliphatic carbocycles. The van der Waals surface area contributed by atoms with E-state index >= 15 is 0 Å². The van der Waals surface area contributed by atoms with E-state index in [0.29, 0.717) is 20.5 Å². The van der Waals surface area contributed by atoms with Crippen LogP contribution >= 0.6 is 35.3 Å². The van der Waals surface area contributed by atoms with E-state index in [2.05, 4.69) is 0 Å². The second-order valence-corrected chi connectivity index (χ2v) is 7.03. The first-order valence-electron chi connectivity index (χ1n) is 6.10. The van der Waals surface area contributed by atoms with Gasteiger partial charge in [-0.25, -0.2) is 0 Å². The van der Waals surface area contributed by atoms with Crippen LogP contribution < -0.4 is 0 Å². The number of thioether (sulfide) groups is 1. The van der Waals surface area contributed by atoms with Crippen molar-refractivity contribution < 1.29 is 19.6 Å². The molecule has 1 N–H and O–H groups in total. The van der Waals surface area contributed by atoms with Gasteiger partial charge in [-0.05, 0) is 18.6 Å². The summed E-state index contributed by atoms with van der Waals surface area (Å²) < 4.78 is 0.368. The van der Waals surface area contributed by atoms with Gasteiger partial charge < -0.3 is 5.11 Å². The van der Waals surface area contributed by atoms with Gasteiger partial charge in [0.05, 0.1) is 9.83 Å². The van der Waals surface area contributed by atoms with Crippen molar-refractivity contribution in [3.05, 3.63) is 32.0 Å². The van der Waals surface area contributed by atoms with Crippen molar-refractivity contribution >= 4 is 62.6 Å². The van der Waals surface area contributed by atoms with Crippen LogP contribution in [-0.4, -0.2) is 37.7 Å². The highest BCUT2D eigenvalue weighted by molar-refractivity contribution is 8.26. The molecule has 0 radical (unpaired) electrons. The van der Waals surface area contributed by atoms with E-state index in [4.69, 9.17) is 17.3 Å². The van der Waals surface area contributed by atoms with Crippen molar-refractivity contribution in [1.82, 2.24) is 4.90 Å². The van der Waals surface area contributed by atoms with Gasteiger partial charge in [0.1, 0.15) is 4.32 Å². The number of hydrogen-bond acceptors (Lipinski definition) is 7. The monoisotopic (exact) mass is 358 g/mol. The third kappa shape index (κ3) is 3.90. The molecule has 2 heterocycles. The number of carboxylic acid groups (broad SMARTS) is 1. The van der Waals surface area contributed by atoms with Crippen LogP contribution in [0.3, 0.4) is 0 Å². The van der Waals surface area contributed by atoms with Crippen LogP contribution in [0.15, 0.2) is 17.0 Å². The molecular weight excluding hydrogens is 348 g/mol. The van der Waals surface area contributed by atoms with Gasteiger partial charge in [0.2, 0.25) is 0 Å². The number of amides is 1. The largest absolute Gasteiger partial charge is 0.481 e. The molecule has 0 unspecified atom stereocenters. The highest BCUT2D eigenvalue weighted by atomic mass is 32.2. The molecule has 0 saturated carbocycles. The van der Waals surface area contributed by atoms with Gasteiger partial charge in [0.15, 0.2) is 0 Å². The summed E-state index contributed by atoms with van der Waals surface area (Å²) in [4.78, 5) is 35.2. The van der Waals surface area contributed by atoms with Gasteiger partial charge in [0.25, 0.3) is 5.91 Å². The topological polar surface area (TPSA) is 101 Å². The van der Waals surface area contributed by atoms with Crippen molar-refractivity contribution in [1.29, 1.82) is 0 Å². The standard InChI is InChI=1S/C12H10N2O5S3/c15-10(16)2-1-5-13-11(17)8(22-12(13)20)6-7-3-4-9(21-7)14(18)19/h3-4,6H,1-2,5H2,(H,15,16). The molecule has 1 aliphatic rings. The molecule has 22 heavy (non-hydrogen) atoms. The maximum atomic E-state index is 12.2. The molecule has 1 fully saturated rings.